The number of fused-ring (bicyclic) bond motifs is 1. The fourth-order valence-corrected chi connectivity index (χ4v) is 3.59. The van der Waals surface area contributed by atoms with Gasteiger partial charge in [0, 0.05) is 21.6 Å². The second-order valence-electron chi connectivity index (χ2n) is 6.89. The summed E-state index contributed by atoms with van der Waals surface area (Å²) in [5, 5.41) is 4.92. The summed E-state index contributed by atoms with van der Waals surface area (Å²) < 4.78 is 6.71. The van der Waals surface area contributed by atoms with Crippen molar-refractivity contribution < 1.29 is 14.3 Å². The molecule has 0 atom stereocenters. The van der Waals surface area contributed by atoms with Gasteiger partial charge in [-0.1, -0.05) is 30.3 Å². The molecular weight excluding hydrogens is 348 g/mol. The highest BCUT2D eigenvalue weighted by atomic mass is 32.2. The number of ether oxygens (including phenoxy) is 1. The topological polar surface area (TPSA) is 61.2 Å². The van der Waals surface area contributed by atoms with Crippen molar-refractivity contribution in [3.63, 3.8) is 0 Å². The SMILES string of the molecule is CC(C)(C)OC(=O)n1ncc2cc(C=O)cc(SCc3ccccc3)c21. The van der Waals surface area contributed by atoms with E-state index in [4.69, 9.17) is 4.74 Å². The van der Waals surface area contributed by atoms with Gasteiger partial charge in [0.2, 0.25) is 0 Å². The highest BCUT2D eigenvalue weighted by Crippen LogP contribution is 2.32. The molecule has 3 rings (SSSR count). The van der Waals surface area contributed by atoms with E-state index in [0.717, 1.165) is 27.9 Å². The summed E-state index contributed by atoms with van der Waals surface area (Å²) in [6.07, 6.45) is 1.85. The number of carbonyl (C=O) groups excluding carboxylic acids is 2. The lowest BCUT2D eigenvalue weighted by atomic mass is 10.2. The van der Waals surface area contributed by atoms with Gasteiger partial charge in [0.15, 0.2) is 0 Å². The Bertz CT molecular complexity index is 943. The first-order chi connectivity index (χ1) is 12.4. The highest BCUT2D eigenvalue weighted by Gasteiger charge is 2.22. The van der Waals surface area contributed by atoms with E-state index < -0.39 is 11.7 Å². The molecular formula is C20H20N2O3S. The number of rotatable bonds is 4. The molecule has 0 radical (unpaired) electrons. The van der Waals surface area contributed by atoms with Gasteiger partial charge in [-0.3, -0.25) is 4.79 Å². The fraction of sp³-hybridized carbons (Fsp3) is 0.250. The van der Waals surface area contributed by atoms with Gasteiger partial charge in [0.1, 0.15) is 11.9 Å². The predicted molar refractivity (Wildman–Crippen MR) is 103 cm³/mol. The van der Waals surface area contributed by atoms with Crippen LogP contribution in [0.4, 0.5) is 4.79 Å². The van der Waals surface area contributed by atoms with Crippen LogP contribution in [0.5, 0.6) is 0 Å². The lowest BCUT2D eigenvalue weighted by Gasteiger charge is -2.19. The number of benzene rings is 2. The minimum Gasteiger partial charge on any atom is -0.442 e. The van der Waals surface area contributed by atoms with E-state index in [0.29, 0.717) is 11.1 Å². The summed E-state index contributed by atoms with van der Waals surface area (Å²) in [5.74, 6) is 0.720. The third kappa shape index (κ3) is 4.14. The molecule has 3 aromatic rings. The van der Waals surface area contributed by atoms with E-state index in [-0.39, 0.29) is 0 Å². The Hall–Kier alpha value is -2.60. The summed E-state index contributed by atoms with van der Waals surface area (Å²) in [7, 11) is 0. The molecule has 0 saturated heterocycles. The molecule has 0 spiro atoms. The number of hydrogen-bond donors (Lipinski definition) is 0. The van der Waals surface area contributed by atoms with Crippen molar-refractivity contribution >= 4 is 35.0 Å². The molecule has 2 aromatic carbocycles. The maximum Gasteiger partial charge on any atom is 0.435 e. The molecule has 0 aliphatic carbocycles. The zero-order valence-electron chi connectivity index (χ0n) is 14.9. The monoisotopic (exact) mass is 368 g/mol. The van der Waals surface area contributed by atoms with Crippen LogP contribution in [-0.2, 0) is 10.5 Å². The molecule has 0 saturated carbocycles. The number of aromatic nitrogens is 2. The molecule has 5 nitrogen and oxygen atoms in total. The first-order valence-electron chi connectivity index (χ1n) is 8.24. The predicted octanol–water partition coefficient (Wildman–Crippen LogP) is 4.92. The highest BCUT2D eigenvalue weighted by molar-refractivity contribution is 7.98. The number of thioether (sulfide) groups is 1. The Labute approximate surface area is 156 Å². The lowest BCUT2D eigenvalue weighted by Crippen LogP contribution is -2.27. The maximum absolute atomic E-state index is 12.5. The van der Waals surface area contributed by atoms with Crippen LogP contribution in [-0.4, -0.2) is 27.8 Å². The Morgan fingerprint density at radius 1 is 1.23 bits per heavy atom. The van der Waals surface area contributed by atoms with E-state index >= 15 is 0 Å². The molecule has 0 aliphatic rings. The molecule has 0 unspecified atom stereocenters. The summed E-state index contributed by atoms with van der Waals surface area (Å²) in [6.45, 7) is 5.43. The second kappa shape index (κ2) is 7.33. The smallest absolute Gasteiger partial charge is 0.435 e. The summed E-state index contributed by atoms with van der Waals surface area (Å²) in [4.78, 5) is 24.6. The van der Waals surface area contributed by atoms with Crippen LogP contribution in [0.1, 0.15) is 36.7 Å². The molecule has 0 N–H and O–H groups in total. The average molecular weight is 368 g/mol. The van der Waals surface area contributed by atoms with Gasteiger partial charge in [-0.05, 0) is 38.5 Å². The van der Waals surface area contributed by atoms with Gasteiger partial charge in [-0.2, -0.15) is 9.78 Å². The van der Waals surface area contributed by atoms with Crippen LogP contribution in [0, 0.1) is 0 Å². The van der Waals surface area contributed by atoms with Crippen molar-refractivity contribution in [2.75, 3.05) is 0 Å². The average Bonchev–Trinajstić information content (AvgIpc) is 3.03. The molecule has 0 bridgehead atoms. The van der Waals surface area contributed by atoms with E-state index in [1.165, 1.54) is 4.68 Å². The van der Waals surface area contributed by atoms with Crippen molar-refractivity contribution in [3.8, 4) is 0 Å². The van der Waals surface area contributed by atoms with Crippen molar-refractivity contribution in [1.29, 1.82) is 0 Å². The molecule has 1 heterocycles. The minimum absolute atomic E-state index is 0.534. The van der Waals surface area contributed by atoms with Crippen molar-refractivity contribution in [3.05, 3.63) is 59.8 Å². The van der Waals surface area contributed by atoms with Crippen LogP contribution >= 0.6 is 11.8 Å². The van der Waals surface area contributed by atoms with Gasteiger partial charge < -0.3 is 4.74 Å². The van der Waals surface area contributed by atoms with Gasteiger partial charge in [-0.15, -0.1) is 11.8 Å². The largest absolute Gasteiger partial charge is 0.442 e. The zero-order chi connectivity index (χ0) is 18.7. The second-order valence-corrected chi connectivity index (χ2v) is 7.90. The van der Waals surface area contributed by atoms with Crippen molar-refractivity contribution in [2.24, 2.45) is 0 Å². The molecule has 0 aliphatic heterocycles. The van der Waals surface area contributed by atoms with E-state index in [9.17, 15) is 9.59 Å². The molecule has 6 heteroatoms. The van der Waals surface area contributed by atoms with Crippen LogP contribution < -0.4 is 0 Å². The molecule has 26 heavy (non-hydrogen) atoms. The third-order valence-electron chi connectivity index (χ3n) is 3.59. The van der Waals surface area contributed by atoms with E-state index in [2.05, 4.69) is 5.10 Å². The van der Waals surface area contributed by atoms with E-state index in [1.807, 2.05) is 51.1 Å². The van der Waals surface area contributed by atoms with Crippen LogP contribution in [0.15, 0.2) is 53.6 Å². The first-order valence-corrected chi connectivity index (χ1v) is 9.23. The summed E-state index contributed by atoms with van der Waals surface area (Å²) >= 11 is 1.56. The van der Waals surface area contributed by atoms with Crippen molar-refractivity contribution in [2.45, 2.75) is 37.0 Å². The van der Waals surface area contributed by atoms with Gasteiger partial charge in [0.25, 0.3) is 0 Å². The standard InChI is InChI=1S/C20H20N2O3S/c1-20(2,3)25-19(24)22-18-16(11-21-22)9-15(12-23)10-17(18)26-13-14-7-5-4-6-8-14/h4-12H,13H2,1-3H3. The molecule has 0 fully saturated rings. The summed E-state index contributed by atoms with van der Waals surface area (Å²) in [5.41, 5.74) is 1.75. The molecule has 0 amide bonds. The van der Waals surface area contributed by atoms with Crippen LogP contribution in [0.25, 0.3) is 10.9 Å². The fourth-order valence-electron chi connectivity index (χ4n) is 2.51. The van der Waals surface area contributed by atoms with Crippen LogP contribution in [0.2, 0.25) is 0 Å². The Kier molecular flexibility index (Phi) is 5.13. The molecule has 1 aromatic heterocycles. The zero-order valence-corrected chi connectivity index (χ0v) is 15.7. The molecule has 134 valence electrons. The quantitative estimate of drug-likeness (QED) is 0.483. The number of hydrogen-bond acceptors (Lipinski definition) is 5. The Morgan fingerprint density at radius 3 is 2.62 bits per heavy atom. The Morgan fingerprint density at radius 2 is 1.96 bits per heavy atom. The van der Waals surface area contributed by atoms with Crippen molar-refractivity contribution in [1.82, 2.24) is 9.78 Å². The van der Waals surface area contributed by atoms with E-state index in [1.54, 1.807) is 30.1 Å². The van der Waals surface area contributed by atoms with Gasteiger partial charge in [-0.25, -0.2) is 4.79 Å². The normalized spacial score (nSPS) is 11.5. The third-order valence-corrected chi connectivity index (χ3v) is 4.69. The number of aldehydes is 1. The minimum atomic E-state index is -0.616. The maximum atomic E-state index is 12.5. The summed E-state index contributed by atoms with van der Waals surface area (Å²) in [6, 6.07) is 13.5. The lowest BCUT2D eigenvalue weighted by molar-refractivity contribution is 0.0522. The van der Waals surface area contributed by atoms with Gasteiger partial charge >= 0.3 is 6.09 Å². The van der Waals surface area contributed by atoms with Gasteiger partial charge in [0.05, 0.1) is 11.7 Å². The number of nitrogens with zero attached hydrogens (tertiary/aromatic N) is 2. The first kappa shape index (κ1) is 18.2. The van der Waals surface area contributed by atoms with Crippen LogP contribution in [0.3, 0.4) is 0 Å². The number of carbonyl (C=O) groups is 2. The Balaban J connectivity index is 2.00.